The molecular weight excluding hydrogens is 392 g/mol. The number of methoxy groups -OCH3 is 1. The van der Waals surface area contributed by atoms with Crippen molar-refractivity contribution >= 4 is 17.3 Å². The number of esters is 1. The third kappa shape index (κ3) is 4.63. The molecule has 1 N–H and O–H groups in total. The van der Waals surface area contributed by atoms with Gasteiger partial charge in [0.2, 0.25) is 0 Å². The van der Waals surface area contributed by atoms with E-state index in [1.165, 1.54) is 28.9 Å². The van der Waals surface area contributed by atoms with Crippen LogP contribution in [0.5, 0.6) is 0 Å². The maximum atomic E-state index is 12.1. The number of aryl methyl sites for hydroxylation is 2. The van der Waals surface area contributed by atoms with Crippen molar-refractivity contribution in [2.75, 3.05) is 7.11 Å². The lowest BCUT2D eigenvalue weighted by Crippen LogP contribution is -2.25. The maximum Gasteiger partial charge on any atom is 0.348 e. The molecule has 0 aliphatic heterocycles. The Morgan fingerprint density at radius 2 is 1.67 bits per heavy atom. The molecule has 0 atom stereocenters. The molecule has 162 valence electrons. The summed E-state index contributed by atoms with van der Waals surface area (Å²) in [5, 5.41) is 10.5. The van der Waals surface area contributed by atoms with Crippen LogP contribution in [-0.2, 0) is 10.2 Å². The summed E-state index contributed by atoms with van der Waals surface area (Å²) in [6, 6.07) is 8.55. The molecular formula is C26H34O3S. The molecule has 0 amide bonds. The molecule has 1 aromatic heterocycles. The molecule has 4 heteroatoms. The number of hydrogen-bond acceptors (Lipinski definition) is 4. The van der Waals surface area contributed by atoms with E-state index in [0.717, 1.165) is 29.5 Å². The first-order chi connectivity index (χ1) is 14.2. The van der Waals surface area contributed by atoms with E-state index < -0.39 is 5.60 Å². The minimum absolute atomic E-state index is 0.161. The van der Waals surface area contributed by atoms with Crippen molar-refractivity contribution in [1.82, 2.24) is 0 Å². The van der Waals surface area contributed by atoms with Crippen molar-refractivity contribution in [2.45, 2.75) is 78.2 Å². The quantitative estimate of drug-likeness (QED) is 0.426. The third-order valence-corrected chi connectivity index (χ3v) is 7.77. The number of rotatable bonds is 7. The van der Waals surface area contributed by atoms with Crippen LogP contribution in [0.2, 0.25) is 0 Å². The molecule has 2 aromatic rings. The van der Waals surface area contributed by atoms with E-state index >= 15 is 0 Å². The standard InChI is InChI=1S/C26H34O3S/c1-8-25(28,9-2)15-14-20-12-13-21(16-18(20)5)26(10-3,11-4)22-17-19(6)23(30-22)24(27)29-7/h12-13,16-17,28H,8-11H2,1-7H3. The predicted octanol–water partition coefficient (Wildman–Crippen LogP) is 6.16. The second-order valence-electron chi connectivity index (χ2n) is 7.92. The topological polar surface area (TPSA) is 46.5 Å². The fourth-order valence-corrected chi connectivity index (χ4v) is 5.32. The molecule has 30 heavy (non-hydrogen) atoms. The molecule has 0 saturated carbocycles. The van der Waals surface area contributed by atoms with E-state index in [-0.39, 0.29) is 11.4 Å². The van der Waals surface area contributed by atoms with Crippen LogP contribution in [0.1, 0.15) is 90.2 Å². The molecule has 3 nitrogen and oxygen atoms in total. The van der Waals surface area contributed by atoms with Gasteiger partial charge in [-0.1, -0.05) is 51.7 Å². The summed E-state index contributed by atoms with van der Waals surface area (Å²) in [7, 11) is 1.43. The maximum absolute atomic E-state index is 12.1. The van der Waals surface area contributed by atoms with Gasteiger partial charge in [0.05, 0.1) is 7.11 Å². The van der Waals surface area contributed by atoms with E-state index in [4.69, 9.17) is 4.74 Å². The van der Waals surface area contributed by atoms with Crippen molar-refractivity contribution in [3.05, 3.63) is 56.3 Å². The molecule has 1 aromatic carbocycles. The van der Waals surface area contributed by atoms with Crippen LogP contribution in [0, 0.1) is 25.7 Å². The Morgan fingerprint density at radius 3 is 2.17 bits per heavy atom. The normalized spacial score (nSPS) is 11.7. The second kappa shape index (κ2) is 9.81. The average molecular weight is 427 g/mol. The molecule has 1 heterocycles. The van der Waals surface area contributed by atoms with Crippen LogP contribution in [0.3, 0.4) is 0 Å². The molecule has 0 bridgehead atoms. The van der Waals surface area contributed by atoms with E-state index in [0.29, 0.717) is 17.7 Å². The van der Waals surface area contributed by atoms with Crippen molar-refractivity contribution in [2.24, 2.45) is 0 Å². The summed E-state index contributed by atoms with van der Waals surface area (Å²) in [6.45, 7) is 12.3. The Hall–Kier alpha value is -2.09. The molecule has 0 aliphatic carbocycles. The highest BCUT2D eigenvalue weighted by atomic mass is 32.1. The lowest BCUT2D eigenvalue weighted by molar-refractivity contribution is 0.0605. The molecule has 0 fully saturated rings. The second-order valence-corrected chi connectivity index (χ2v) is 8.97. The SMILES string of the molecule is CCC(O)(C#Cc1ccc(C(CC)(CC)c2cc(C)c(C(=O)OC)s2)cc1C)CC. The summed E-state index contributed by atoms with van der Waals surface area (Å²) in [4.78, 5) is 14.0. The highest BCUT2D eigenvalue weighted by molar-refractivity contribution is 7.14. The van der Waals surface area contributed by atoms with Gasteiger partial charge in [0.15, 0.2) is 0 Å². The van der Waals surface area contributed by atoms with Crippen LogP contribution < -0.4 is 0 Å². The number of aliphatic hydroxyl groups is 1. The number of hydrogen-bond donors (Lipinski definition) is 1. The van der Waals surface area contributed by atoms with Crippen molar-refractivity contribution < 1.29 is 14.6 Å². The Kier molecular flexibility index (Phi) is 7.91. The monoisotopic (exact) mass is 426 g/mol. The molecule has 0 radical (unpaired) electrons. The number of carbonyl (C=O) groups is 1. The van der Waals surface area contributed by atoms with Gasteiger partial charge < -0.3 is 9.84 Å². The molecule has 0 unspecified atom stereocenters. The van der Waals surface area contributed by atoms with Gasteiger partial charge in [-0.25, -0.2) is 4.79 Å². The van der Waals surface area contributed by atoms with Gasteiger partial charge in [-0.15, -0.1) is 11.3 Å². The Labute approximate surface area is 185 Å². The van der Waals surface area contributed by atoms with Crippen LogP contribution >= 0.6 is 11.3 Å². The lowest BCUT2D eigenvalue weighted by Gasteiger charge is -2.32. The Bertz CT molecular complexity index is 950. The Balaban J connectivity index is 2.53. The van der Waals surface area contributed by atoms with Gasteiger partial charge in [0.1, 0.15) is 10.5 Å². The van der Waals surface area contributed by atoms with E-state index in [9.17, 15) is 9.90 Å². The van der Waals surface area contributed by atoms with Gasteiger partial charge in [0, 0.05) is 15.9 Å². The largest absolute Gasteiger partial charge is 0.465 e. The van der Waals surface area contributed by atoms with Crippen molar-refractivity contribution in [1.29, 1.82) is 0 Å². The van der Waals surface area contributed by atoms with E-state index in [1.54, 1.807) is 0 Å². The molecule has 0 aliphatic rings. The van der Waals surface area contributed by atoms with Crippen LogP contribution in [-0.4, -0.2) is 23.8 Å². The third-order valence-electron chi connectivity index (χ3n) is 6.35. The highest BCUT2D eigenvalue weighted by Crippen LogP contribution is 2.43. The highest BCUT2D eigenvalue weighted by Gasteiger charge is 2.34. The molecule has 0 spiro atoms. The van der Waals surface area contributed by atoms with Crippen LogP contribution in [0.15, 0.2) is 24.3 Å². The molecule has 0 saturated heterocycles. The van der Waals surface area contributed by atoms with Gasteiger partial charge in [-0.05, 0) is 68.4 Å². The zero-order chi connectivity index (χ0) is 22.5. The summed E-state index contributed by atoms with van der Waals surface area (Å²) in [5.41, 5.74) is 3.15. The lowest BCUT2D eigenvalue weighted by atomic mass is 9.74. The summed E-state index contributed by atoms with van der Waals surface area (Å²) >= 11 is 1.54. The van der Waals surface area contributed by atoms with Gasteiger partial charge in [-0.2, -0.15) is 0 Å². The predicted molar refractivity (Wildman–Crippen MR) is 125 cm³/mol. The first-order valence-corrected chi connectivity index (χ1v) is 11.6. The number of ether oxygens (including phenoxy) is 1. The van der Waals surface area contributed by atoms with Crippen LogP contribution in [0.25, 0.3) is 0 Å². The minimum Gasteiger partial charge on any atom is -0.465 e. The number of thiophene rings is 1. The van der Waals surface area contributed by atoms with Gasteiger partial charge in [-0.3, -0.25) is 0 Å². The van der Waals surface area contributed by atoms with Crippen molar-refractivity contribution in [3.8, 4) is 11.8 Å². The molecule has 2 rings (SSSR count). The van der Waals surface area contributed by atoms with E-state index in [1.807, 2.05) is 20.8 Å². The zero-order valence-electron chi connectivity index (χ0n) is 19.3. The first kappa shape index (κ1) is 24.2. The fourth-order valence-electron chi connectivity index (χ4n) is 3.87. The number of carbonyl (C=O) groups excluding carboxylic acids is 1. The average Bonchev–Trinajstić information content (AvgIpc) is 3.15. The Morgan fingerprint density at radius 1 is 1.03 bits per heavy atom. The minimum atomic E-state index is -0.930. The van der Waals surface area contributed by atoms with Gasteiger partial charge in [0.25, 0.3) is 0 Å². The zero-order valence-corrected chi connectivity index (χ0v) is 20.1. The smallest absolute Gasteiger partial charge is 0.348 e. The van der Waals surface area contributed by atoms with Gasteiger partial charge >= 0.3 is 5.97 Å². The van der Waals surface area contributed by atoms with Crippen LogP contribution in [0.4, 0.5) is 0 Å². The van der Waals surface area contributed by atoms with Crippen molar-refractivity contribution in [3.63, 3.8) is 0 Å². The first-order valence-electron chi connectivity index (χ1n) is 10.8. The van der Waals surface area contributed by atoms with E-state index in [2.05, 4.69) is 56.9 Å². The summed E-state index contributed by atoms with van der Waals surface area (Å²) in [5.74, 6) is 5.97. The fraction of sp³-hybridized carbons (Fsp3) is 0.500. The number of benzene rings is 1. The summed E-state index contributed by atoms with van der Waals surface area (Å²) < 4.78 is 4.96. The summed E-state index contributed by atoms with van der Waals surface area (Å²) in [6.07, 6.45) is 3.09.